The molecule has 24 heavy (non-hydrogen) atoms. The maximum atomic E-state index is 12.5. The predicted octanol–water partition coefficient (Wildman–Crippen LogP) is 2.71. The zero-order valence-electron chi connectivity index (χ0n) is 14.1. The molecule has 1 heterocycles. The van der Waals surface area contributed by atoms with Crippen molar-refractivity contribution in [3.05, 3.63) is 59.4 Å². The summed E-state index contributed by atoms with van der Waals surface area (Å²) in [6.45, 7) is 4.29. The number of aromatic nitrogens is 2. The van der Waals surface area contributed by atoms with Crippen molar-refractivity contribution in [3.63, 3.8) is 0 Å². The second kappa shape index (κ2) is 6.37. The lowest BCUT2D eigenvalue weighted by Crippen LogP contribution is -2.26. The normalized spacial score (nSPS) is 12.0. The Bertz CT molecular complexity index is 991. The molecule has 0 saturated carbocycles. The number of nitrogens with one attached hydrogen (secondary N) is 1. The fourth-order valence-corrected chi connectivity index (χ4v) is 3.97. The lowest BCUT2D eigenvalue weighted by molar-refractivity contribution is 0.581. The fourth-order valence-electron chi connectivity index (χ4n) is 2.91. The van der Waals surface area contributed by atoms with Crippen LogP contribution in [0.5, 0.6) is 0 Å². The third-order valence-electron chi connectivity index (χ3n) is 4.36. The van der Waals surface area contributed by atoms with E-state index in [-0.39, 0.29) is 0 Å². The van der Waals surface area contributed by atoms with Gasteiger partial charge in [0.1, 0.15) is 0 Å². The monoisotopic (exact) mass is 343 g/mol. The second-order valence-electron chi connectivity index (χ2n) is 5.93. The van der Waals surface area contributed by atoms with Crippen LogP contribution in [-0.4, -0.2) is 24.7 Å². The summed E-state index contributed by atoms with van der Waals surface area (Å²) >= 11 is 0. The van der Waals surface area contributed by atoms with Gasteiger partial charge < -0.3 is 0 Å². The summed E-state index contributed by atoms with van der Waals surface area (Å²) in [7, 11) is -1.62. The van der Waals surface area contributed by atoms with E-state index in [1.165, 1.54) is 0 Å². The molecule has 0 bridgehead atoms. The number of sulfonamides is 1. The topological polar surface area (TPSA) is 64.0 Å². The minimum absolute atomic E-state index is 0.292. The number of aryl methyl sites for hydroxylation is 2. The third-order valence-corrected chi connectivity index (χ3v) is 5.82. The standard InChI is InChI=1S/C18H21N3O2S/c1-13-18(14(2)21(3)20-13)10-11-19-24(22,23)17-9-8-15-6-4-5-7-16(15)12-17/h4-9,12,19H,10-11H2,1-3H3. The first-order valence-electron chi connectivity index (χ1n) is 7.86. The largest absolute Gasteiger partial charge is 0.272 e. The van der Waals surface area contributed by atoms with Crippen LogP contribution in [0.2, 0.25) is 0 Å². The van der Waals surface area contributed by atoms with Crippen molar-refractivity contribution in [1.29, 1.82) is 0 Å². The summed E-state index contributed by atoms with van der Waals surface area (Å²) in [6.07, 6.45) is 0.623. The molecule has 1 aromatic heterocycles. The highest BCUT2D eigenvalue weighted by Gasteiger charge is 2.15. The van der Waals surface area contributed by atoms with Crippen LogP contribution in [0.4, 0.5) is 0 Å². The number of hydrogen-bond acceptors (Lipinski definition) is 3. The van der Waals surface area contributed by atoms with Crippen LogP contribution in [0.3, 0.4) is 0 Å². The van der Waals surface area contributed by atoms with Gasteiger partial charge in [0.25, 0.3) is 0 Å². The number of hydrogen-bond donors (Lipinski definition) is 1. The molecule has 1 N–H and O–H groups in total. The highest BCUT2D eigenvalue weighted by atomic mass is 32.2. The predicted molar refractivity (Wildman–Crippen MR) is 95.5 cm³/mol. The average molecular weight is 343 g/mol. The first-order chi connectivity index (χ1) is 11.4. The van der Waals surface area contributed by atoms with Crippen molar-refractivity contribution in [2.45, 2.75) is 25.2 Å². The van der Waals surface area contributed by atoms with Gasteiger partial charge in [-0.15, -0.1) is 0 Å². The molecule has 3 rings (SSSR count). The van der Waals surface area contributed by atoms with Crippen molar-refractivity contribution in [2.75, 3.05) is 6.54 Å². The summed E-state index contributed by atoms with van der Waals surface area (Å²) in [4.78, 5) is 0.292. The second-order valence-corrected chi connectivity index (χ2v) is 7.70. The van der Waals surface area contributed by atoms with Gasteiger partial charge in [0.2, 0.25) is 10.0 Å². The highest BCUT2D eigenvalue weighted by molar-refractivity contribution is 7.89. The minimum Gasteiger partial charge on any atom is -0.272 e. The van der Waals surface area contributed by atoms with Gasteiger partial charge in [0, 0.05) is 19.3 Å². The van der Waals surface area contributed by atoms with Crippen LogP contribution in [0, 0.1) is 13.8 Å². The van der Waals surface area contributed by atoms with Gasteiger partial charge in [-0.3, -0.25) is 4.68 Å². The Hall–Kier alpha value is -2.18. The Balaban J connectivity index is 1.75. The van der Waals surface area contributed by atoms with Crippen molar-refractivity contribution in [1.82, 2.24) is 14.5 Å². The molecular formula is C18H21N3O2S. The van der Waals surface area contributed by atoms with Crippen LogP contribution in [0.1, 0.15) is 17.0 Å². The van der Waals surface area contributed by atoms with Crippen molar-refractivity contribution >= 4 is 20.8 Å². The molecule has 0 radical (unpaired) electrons. The molecule has 0 aliphatic rings. The lowest BCUT2D eigenvalue weighted by atomic mass is 10.1. The molecule has 0 aliphatic carbocycles. The van der Waals surface area contributed by atoms with Gasteiger partial charge >= 0.3 is 0 Å². The fraction of sp³-hybridized carbons (Fsp3) is 0.278. The lowest BCUT2D eigenvalue weighted by Gasteiger charge is -2.08. The smallest absolute Gasteiger partial charge is 0.240 e. The molecule has 0 aliphatic heterocycles. The summed E-state index contributed by atoms with van der Waals surface area (Å²) in [5.41, 5.74) is 3.11. The van der Waals surface area contributed by atoms with Crippen LogP contribution >= 0.6 is 0 Å². The first kappa shape index (κ1) is 16.7. The Morgan fingerprint density at radius 2 is 1.79 bits per heavy atom. The van der Waals surface area contributed by atoms with Crippen molar-refractivity contribution in [2.24, 2.45) is 7.05 Å². The molecule has 0 saturated heterocycles. The molecule has 3 aromatic rings. The molecule has 5 nitrogen and oxygen atoms in total. The van der Waals surface area contributed by atoms with Gasteiger partial charge in [-0.2, -0.15) is 5.10 Å². The molecule has 0 spiro atoms. The maximum absolute atomic E-state index is 12.5. The molecule has 0 fully saturated rings. The van der Waals surface area contributed by atoms with Gasteiger partial charge in [0.15, 0.2) is 0 Å². The maximum Gasteiger partial charge on any atom is 0.240 e. The van der Waals surface area contributed by atoms with Crippen LogP contribution in [-0.2, 0) is 23.5 Å². The summed E-state index contributed by atoms with van der Waals surface area (Å²) < 4.78 is 29.5. The van der Waals surface area contributed by atoms with E-state index < -0.39 is 10.0 Å². The summed E-state index contributed by atoms with van der Waals surface area (Å²) in [5.74, 6) is 0. The number of rotatable bonds is 5. The Morgan fingerprint density at radius 1 is 1.08 bits per heavy atom. The zero-order chi connectivity index (χ0) is 17.3. The molecule has 0 unspecified atom stereocenters. The van der Waals surface area contributed by atoms with E-state index in [4.69, 9.17) is 0 Å². The van der Waals surface area contributed by atoms with E-state index in [0.29, 0.717) is 17.9 Å². The number of nitrogens with zero attached hydrogens (tertiary/aromatic N) is 2. The van der Waals surface area contributed by atoms with E-state index in [0.717, 1.165) is 27.7 Å². The summed E-state index contributed by atoms with van der Waals surface area (Å²) in [6, 6.07) is 12.9. The van der Waals surface area contributed by atoms with E-state index in [2.05, 4.69) is 9.82 Å². The Labute approximate surface area is 142 Å². The van der Waals surface area contributed by atoms with E-state index in [9.17, 15) is 8.42 Å². The van der Waals surface area contributed by atoms with E-state index in [1.807, 2.05) is 55.9 Å². The van der Waals surface area contributed by atoms with Gasteiger partial charge in [-0.05, 0) is 48.7 Å². The molecule has 6 heteroatoms. The van der Waals surface area contributed by atoms with E-state index >= 15 is 0 Å². The first-order valence-corrected chi connectivity index (χ1v) is 9.34. The zero-order valence-corrected chi connectivity index (χ0v) is 14.9. The molecule has 0 amide bonds. The van der Waals surface area contributed by atoms with Gasteiger partial charge in [0.05, 0.1) is 10.6 Å². The third kappa shape index (κ3) is 3.20. The minimum atomic E-state index is -3.52. The molecular weight excluding hydrogens is 322 g/mol. The van der Waals surface area contributed by atoms with Crippen LogP contribution in [0.15, 0.2) is 47.4 Å². The van der Waals surface area contributed by atoms with Crippen LogP contribution < -0.4 is 4.72 Å². The molecule has 0 atom stereocenters. The number of fused-ring (bicyclic) bond motifs is 1. The summed E-state index contributed by atoms with van der Waals surface area (Å²) in [5, 5.41) is 6.30. The Morgan fingerprint density at radius 3 is 2.46 bits per heavy atom. The Kier molecular flexibility index (Phi) is 4.43. The van der Waals surface area contributed by atoms with Crippen molar-refractivity contribution < 1.29 is 8.42 Å². The van der Waals surface area contributed by atoms with Crippen molar-refractivity contribution in [3.8, 4) is 0 Å². The van der Waals surface area contributed by atoms with Crippen LogP contribution in [0.25, 0.3) is 10.8 Å². The van der Waals surface area contributed by atoms with Gasteiger partial charge in [-0.1, -0.05) is 30.3 Å². The molecule has 126 valence electrons. The number of benzene rings is 2. The molecule has 2 aromatic carbocycles. The average Bonchev–Trinajstić information content (AvgIpc) is 2.80. The van der Waals surface area contributed by atoms with E-state index in [1.54, 1.807) is 12.1 Å². The quantitative estimate of drug-likeness (QED) is 0.775. The SMILES string of the molecule is Cc1nn(C)c(C)c1CCNS(=O)(=O)c1ccc2ccccc2c1. The van der Waals surface area contributed by atoms with Gasteiger partial charge in [-0.25, -0.2) is 13.1 Å². The highest BCUT2D eigenvalue weighted by Crippen LogP contribution is 2.19.